The SMILES string of the molecule is CS(=O)(=O)CCc1cc(F)cc(-c2nccc3[nH]c(C4=NCc5ccc(-c6cncc(NC(=O)C7CCC7)c6)c(F)c54)nc23)c1. The molecule has 0 radical (unpaired) electrons. The van der Waals surface area contributed by atoms with Crippen LogP contribution in [0.3, 0.4) is 0 Å². The van der Waals surface area contributed by atoms with Gasteiger partial charge in [0, 0.05) is 46.8 Å². The molecular formula is C33H28F2N6O3S. The maximum absolute atomic E-state index is 16.3. The third-order valence-corrected chi connectivity index (χ3v) is 9.23. The zero-order valence-corrected chi connectivity index (χ0v) is 25.1. The average Bonchev–Trinajstić information content (AvgIpc) is 3.60. The normalized spacial score (nSPS) is 14.7. The molecule has 0 spiro atoms. The Morgan fingerprint density at radius 2 is 1.91 bits per heavy atom. The highest BCUT2D eigenvalue weighted by molar-refractivity contribution is 7.90. The first kappa shape index (κ1) is 28.9. The Morgan fingerprint density at radius 1 is 1.07 bits per heavy atom. The molecule has 0 saturated heterocycles. The maximum atomic E-state index is 16.3. The predicted octanol–water partition coefficient (Wildman–Crippen LogP) is 5.64. The number of carbonyl (C=O) groups is 1. The van der Waals surface area contributed by atoms with Crippen LogP contribution in [-0.2, 0) is 27.6 Å². The molecule has 1 fully saturated rings. The van der Waals surface area contributed by atoms with E-state index in [4.69, 9.17) is 4.98 Å². The van der Waals surface area contributed by atoms with Crippen molar-refractivity contribution in [2.75, 3.05) is 17.3 Å². The number of nitrogens with zero attached hydrogens (tertiary/aromatic N) is 4. The van der Waals surface area contributed by atoms with Gasteiger partial charge < -0.3 is 10.3 Å². The Balaban J connectivity index is 1.22. The number of aryl methyl sites for hydroxylation is 1. The standard InChI is InChI=1S/C33H28F2N6O3S/c1-45(43,44)10-8-18-11-21(13-23(34)12-18)29-30-26(7-9-37-29)40-32(41-30)31-27-20(16-38-31)5-6-25(28(27)35)22-14-24(17-36-15-22)39-33(42)19-3-2-4-19/h5-7,9,11-15,17,19H,2-4,8,10,16H2,1H3,(H,39,42)(H,40,41). The number of pyridine rings is 2. The Morgan fingerprint density at radius 3 is 2.69 bits per heavy atom. The van der Waals surface area contributed by atoms with E-state index in [9.17, 15) is 17.6 Å². The predicted molar refractivity (Wildman–Crippen MR) is 168 cm³/mol. The van der Waals surface area contributed by atoms with E-state index in [2.05, 4.69) is 25.3 Å². The van der Waals surface area contributed by atoms with Crippen LogP contribution < -0.4 is 5.32 Å². The van der Waals surface area contributed by atoms with Crippen molar-refractivity contribution in [2.24, 2.45) is 10.9 Å². The summed E-state index contributed by atoms with van der Waals surface area (Å²) in [5, 5.41) is 2.90. The van der Waals surface area contributed by atoms with E-state index < -0.39 is 21.5 Å². The number of imidazole rings is 1. The third kappa shape index (κ3) is 5.73. The minimum absolute atomic E-state index is 0.00604. The van der Waals surface area contributed by atoms with Gasteiger partial charge in [-0.1, -0.05) is 18.6 Å². The highest BCUT2D eigenvalue weighted by Gasteiger charge is 2.28. The number of aliphatic imine (C=N–C) groups is 1. The summed E-state index contributed by atoms with van der Waals surface area (Å²) >= 11 is 0. The molecule has 0 atom stereocenters. The zero-order chi connectivity index (χ0) is 31.3. The maximum Gasteiger partial charge on any atom is 0.227 e. The molecule has 1 amide bonds. The molecule has 1 saturated carbocycles. The second-order valence-corrected chi connectivity index (χ2v) is 13.8. The van der Waals surface area contributed by atoms with Crippen LogP contribution in [0.5, 0.6) is 0 Å². The molecule has 5 aromatic rings. The Labute approximate surface area is 257 Å². The van der Waals surface area contributed by atoms with Crippen molar-refractivity contribution in [1.82, 2.24) is 19.9 Å². The highest BCUT2D eigenvalue weighted by atomic mass is 32.2. The fourth-order valence-electron chi connectivity index (χ4n) is 5.73. The van der Waals surface area contributed by atoms with Gasteiger partial charge in [-0.2, -0.15) is 0 Å². The Hall–Kier alpha value is -4.84. The molecule has 2 aromatic carbocycles. The van der Waals surface area contributed by atoms with E-state index in [1.807, 2.05) is 6.07 Å². The molecule has 228 valence electrons. The summed E-state index contributed by atoms with van der Waals surface area (Å²) in [6.07, 6.45) is 8.75. The fourth-order valence-corrected chi connectivity index (χ4v) is 6.33. The minimum Gasteiger partial charge on any atom is -0.337 e. The zero-order valence-electron chi connectivity index (χ0n) is 24.3. The molecule has 7 rings (SSSR count). The van der Waals surface area contributed by atoms with Crippen molar-refractivity contribution in [1.29, 1.82) is 0 Å². The number of rotatable bonds is 8. The number of aromatic amines is 1. The summed E-state index contributed by atoms with van der Waals surface area (Å²) in [7, 11) is -3.23. The molecule has 12 heteroatoms. The van der Waals surface area contributed by atoms with Gasteiger partial charge in [-0.3, -0.25) is 19.8 Å². The van der Waals surface area contributed by atoms with Crippen molar-refractivity contribution in [3.05, 3.63) is 95.2 Å². The molecule has 4 heterocycles. The smallest absolute Gasteiger partial charge is 0.227 e. The van der Waals surface area contributed by atoms with Gasteiger partial charge in [0.15, 0.2) is 5.82 Å². The number of amides is 1. The lowest BCUT2D eigenvalue weighted by atomic mass is 9.85. The second-order valence-electron chi connectivity index (χ2n) is 11.6. The minimum atomic E-state index is -3.23. The number of hydrogen-bond acceptors (Lipinski definition) is 7. The molecule has 2 aliphatic rings. The Kier molecular flexibility index (Phi) is 7.23. The number of benzene rings is 2. The number of H-pyrrole nitrogens is 1. The van der Waals surface area contributed by atoms with E-state index in [0.29, 0.717) is 67.3 Å². The van der Waals surface area contributed by atoms with Crippen molar-refractivity contribution in [3.8, 4) is 22.4 Å². The number of carbonyl (C=O) groups excluding carboxylic acids is 1. The van der Waals surface area contributed by atoms with Gasteiger partial charge in [0.25, 0.3) is 0 Å². The van der Waals surface area contributed by atoms with E-state index in [0.717, 1.165) is 25.5 Å². The number of aromatic nitrogens is 4. The van der Waals surface area contributed by atoms with Crippen molar-refractivity contribution in [3.63, 3.8) is 0 Å². The van der Waals surface area contributed by atoms with Crippen LogP contribution in [0.15, 0.2) is 66.0 Å². The molecule has 0 unspecified atom stereocenters. The second kappa shape index (κ2) is 11.3. The van der Waals surface area contributed by atoms with Gasteiger partial charge in [0.05, 0.1) is 35.4 Å². The van der Waals surface area contributed by atoms with Crippen LogP contribution in [0, 0.1) is 17.6 Å². The topological polar surface area (TPSA) is 130 Å². The van der Waals surface area contributed by atoms with Crippen LogP contribution in [0.2, 0.25) is 0 Å². The molecule has 9 nitrogen and oxygen atoms in total. The first-order chi connectivity index (χ1) is 21.6. The number of halogens is 2. The van der Waals surface area contributed by atoms with Crippen LogP contribution in [0.25, 0.3) is 33.4 Å². The lowest BCUT2D eigenvalue weighted by molar-refractivity contribution is -0.122. The summed E-state index contributed by atoms with van der Waals surface area (Å²) in [4.78, 5) is 33.7. The first-order valence-corrected chi connectivity index (χ1v) is 16.6. The Bertz CT molecular complexity index is 2140. The molecule has 0 bridgehead atoms. The molecule has 3 aromatic heterocycles. The van der Waals surface area contributed by atoms with E-state index in [-0.39, 0.29) is 30.5 Å². The summed E-state index contributed by atoms with van der Waals surface area (Å²) in [6, 6.07) is 11.3. The average molecular weight is 627 g/mol. The van der Waals surface area contributed by atoms with Gasteiger partial charge in [-0.25, -0.2) is 22.2 Å². The summed E-state index contributed by atoms with van der Waals surface area (Å²) in [6.45, 7) is 0.271. The largest absolute Gasteiger partial charge is 0.337 e. The van der Waals surface area contributed by atoms with Crippen LogP contribution >= 0.6 is 0 Å². The summed E-state index contributed by atoms with van der Waals surface area (Å²) in [5.41, 5.74) is 5.12. The van der Waals surface area contributed by atoms with Gasteiger partial charge in [-0.05, 0) is 60.7 Å². The number of hydrogen-bond donors (Lipinski definition) is 2. The van der Waals surface area contributed by atoms with Gasteiger partial charge >= 0.3 is 0 Å². The first-order valence-electron chi connectivity index (χ1n) is 14.6. The lowest BCUT2D eigenvalue weighted by Crippen LogP contribution is -2.28. The summed E-state index contributed by atoms with van der Waals surface area (Å²) in [5.74, 6) is -0.814. The van der Waals surface area contributed by atoms with Gasteiger partial charge in [-0.15, -0.1) is 0 Å². The highest BCUT2D eigenvalue weighted by Crippen LogP contribution is 2.35. The molecule has 2 N–H and O–H groups in total. The third-order valence-electron chi connectivity index (χ3n) is 8.28. The lowest BCUT2D eigenvalue weighted by Gasteiger charge is -2.24. The number of sulfone groups is 1. The number of anilines is 1. The molecular weight excluding hydrogens is 598 g/mol. The van der Waals surface area contributed by atoms with Crippen LogP contribution in [0.1, 0.15) is 41.8 Å². The van der Waals surface area contributed by atoms with Gasteiger partial charge in [0.1, 0.15) is 32.7 Å². The number of nitrogens with one attached hydrogen (secondary N) is 2. The van der Waals surface area contributed by atoms with E-state index in [1.54, 1.807) is 42.9 Å². The molecule has 1 aliphatic carbocycles. The summed E-state index contributed by atoms with van der Waals surface area (Å²) < 4.78 is 54.3. The van der Waals surface area contributed by atoms with Crippen molar-refractivity contribution >= 4 is 38.2 Å². The van der Waals surface area contributed by atoms with Crippen LogP contribution in [0.4, 0.5) is 14.5 Å². The monoisotopic (exact) mass is 626 g/mol. The fraction of sp³-hybridized carbons (Fsp3) is 0.242. The quantitative estimate of drug-likeness (QED) is 0.229. The van der Waals surface area contributed by atoms with Crippen molar-refractivity contribution < 1.29 is 22.0 Å². The van der Waals surface area contributed by atoms with Crippen molar-refractivity contribution in [2.45, 2.75) is 32.2 Å². The van der Waals surface area contributed by atoms with Gasteiger partial charge in [0.2, 0.25) is 5.91 Å². The molecule has 1 aliphatic heterocycles. The van der Waals surface area contributed by atoms with E-state index >= 15 is 4.39 Å². The van der Waals surface area contributed by atoms with Crippen LogP contribution in [-0.4, -0.2) is 52.0 Å². The number of fused-ring (bicyclic) bond motifs is 2. The van der Waals surface area contributed by atoms with E-state index in [1.165, 1.54) is 12.1 Å². The molecule has 45 heavy (non-hydrogen) atoms.